The molecule has 38 heavy (non-hydrogen) atoms. The van der Waals surface area contributed by atoms with E-state index in [2.05, 4.69) is 37.6 Å². The summed E-state index contributed by atoms with van der Waals surface area (Å²) in [6.07, 6.45) is 9.02. The second kappa shape index (κ2) is 14.3. The van der Waals surface area contributed by atoms with E-state index in [0.717, 1.165) is 68.1 Å². The van der Waals surface area contributed by atoms with E-state index in [-0.39, 0.29) is 0 Å². The molecule has 9 heteroatoms. The average Bonchev–Trinajstić information content (AvgIpc) is 2.94. The second-order valence-electron chi connectivity index (χ2n) is 9.66. The summed E-state index contributed by atoms with van der Waals surface area (Å²) in [5.74, 6) is 1.46. The molecule has 3 aromatic rings. The Morgan fingerprint density at radius 3 is 2.84 bits per heavy atom. The topological polar surface area (TPSA) is 112 Å². The van der Waals surface area contributed by atoms with Gasteiger partial charge in [0.1, 0.15) is 30.0 Å². The van der Waals surface area contributed by atoms with Gasteiger partial charge < -0.3 is 20.5 Å². The van der Waals surface area contributed by atoms with Crippen LogP contribution < -0.4 is 15.4 Å². The zero-order chi connectivity index (χ0) is 26.6. The third-order valence-corrected chi connectivity index (χ3v) is 6.69. The lowest BCUT2D eigenvalue weighted by molar-refractivity contribution is -0.138. The van der Waals surface area contributed by atoms with Gasteiger partial charge in [-0.15, -0.1) is 0 Å². The maximum atomic E-state index is 11.9. The Labute approximate surface area is 224 Å². The van der Waals surface area contributed by atoms with Crippen LogP contribution in [0, 0.1) is 6.92 Å². The van der Waals surface area contributed by atoms with Crippen LogP contribution in [0.25, 0.3) is 0 Å². The standard InChI is InChI=1S/C29H38N6O3/c1-22-10-13-25(21-32-22)38-20-19-35(18-14-26(29(36)37)34-27-9-2-4-15-30-27)17-5-3-8-24-12-11-23-7-6-16-31-28(23)33-24/h2,4,9-13,15,21,26H,3,5-8,14,16-20H2,1H3,(H,30,34)(H,31,33)(H,36,37). The molecule has 0 amide bonds. The van der Waals surface area contributed by atoms with Crippen LogP contribution in [0.5, 0.6) is 5.75 Å². The molecule has 0 aromatic carbocycles. The SMILES string of the molecule is Cc1ccc(OCCN(CCCCc2ccc3c(n2)NCCC3)CCC(Nc2ccccn2)C(=O)O)cn1. The van der Waals surface area contributed by atoms with E-state index in [1.807, 2.05) is 31.2 Å². The van der Waals surface area contributed by atoms with Crippen LogP contribution in [0.2, 0.25) is 0 Å². The predicted molar refractivity (Wildman–Crippen MR) is 149 cm³/mol. The average molecular weight is 519 g/mol. The molecular weight excluding hydrogens is 480 g/mol. The van der Waals surface area contributed by atoms with Crippen molar-refractivity contribution in [1.82, 2.24) is 19.9 Å². The van der Waals surface area contributed by atoms with E-state index in [9.17, 15) is 9.90 Å². The molecule has 0 spiro atoms. The minimum Gasteiger partial charge on any atom is -0.491 e. The fourth-order valence-corrected chi connectivity index (χ4v) is 4.51. The van der Waals surface area contributed by atoms with Gasteiger partial charge in [-0.2, -0.15) is 0 Å². The molecule has 0 saturated carbocycles. The Balaban J connectivity index is 1.29. The molecule has 0 bridgehead atoms. The van der Waals surface area contributed by atoms with Gasteiger partial charge in [-0.25, -0.2) is 14.8 Å². The van der Waals surface area contributed by atoms with E-state index in [0.29, 0.717) is 31.9 Å². The van der Waals surface area contributed by atoms with Crippen molar-refractivity contribution in [2.24, 2.45) is 0 Å². The highest BCUT2D eigenvalue weighted by atomic mass is 16.5. The number of unbranched alkanes of at least 4 members (excludes halogenated alkanes) is 1. The number of pyridine rings is 3. The van der Waals surface area contributed by atoms with Gasteiger partial charge >= 0.3 is 5.97 Å². The molecule has 4 heterocycles. The normalized spacial score (nSPS) is 13.4. The van der Waals surface area contributed by atoms with Crippen LogP contribution in [0.15, 0.2) is 54.9 Å². The quantitative estimate of drug-likeness (QED) is 0.255. The lowest BCUT2D eigenvalue weighted by Crippen LogP contribution is -2.37. The fraction of sp³-hybridized carbons (Fsp3) is 0.448. The number of carbonyl (C=O) groups is 1. The molecule has 0 fully saturated rings. The number of aromatic nitrogens is 3. The molecule has 4 rings (SSSR count). The van der Waals surface area contributed by atoms with Crippen LogP contribution >= 0.6 is 0 Å². The first-order chi connectivity index (χ1) is 18.6. The number of nitrogens with one attached hydrogen (secondary N) is 2. The summed E-state index contributed by atoms with van der Waals surface area (Å²) in [5, 5.41) is 16.2. The van der Waals surface area contributed by atoms with Crippen molar-refractivity contribution < 1.29 is 14.6 Å². The number of anilines is 2. The largest absolute Gasteiger partial charge is 0.491 e. The predicted octanol–water partition coefficient (Wildman–Crippen LogP) is 4.20. The lowest BCUT2D eigenvalue weighted by atomic mass is 10.1. The van der Waals surface area contributed by atoms with Gasteiger partial charge in [-0.3, -0.25) is 9.88 Å². The summed E-state index contributed by atoms with van der Waals surface area (Å²) in [7, 11) is 0. The minimum atomic E-state index is -0.885. The van der Waals surface area contributed by atoms with E-state index in [1.54, 1.807) is 18.5 Å². The van der Waals surface area contributed by atoms with Crippen LogP contribution in [0.4, 0.5) is 11.6 Å². The van der Waals surface area contributed by atoms with E-state index < -0.39 is 12.0 Å². The monoisotopic (exact) mass is 518 g/mol. The number of aliphatic carboxylic acids is 1. The van der Waals surface area contributed by atoms with Crippen molar-refractivity contribution in [2.75, 3.05) is 43.4 Å². The smallest absolute Gasteiger partial charge is 0.326 e. The first-order valence-electron chi connectivity index (χ1n) is 13.5. The molecule has 0 saturated heterocycles. The van der Waals surface area contributed by atoms with E-state index in [4.69, 9.17) is 9.72 Å². The number of fused-ring (bicyclic) bond motifs is 1. The van der Waals surface area contributed by atoms with Gasteiger partial charge in [0.25, 0.3) is 0 Å². The number of hydrogen-bond donors (Lipinski definition) is 3. The maximum absolute atomic E-state index is 11.9. The molecule has 0 aliphatic carbocycles. The Morgan fingerprint density at radius 1 is 1.13 bits per heavy atom. The molecule has 3 N–H and O–H groups in total. The molecule has 0 radical (unpaired) electrons. The van der Waals surface area contributed by atoms with Crippen molar-refractivity contribution in [2.45, 2.75) is 51.5 Å². The van der Waals surface area contributed by atoms with Gasteiger partial charge in [0, 0.05) is 37.2 Å². The Hall–Kier alpha value is -3.72. The number of nitrogens with zero attached hydrogens (tertiary/aromatic N) is 4. The third-order valence-electron chi connectivity index (χ3n) is 6.69. The summed E-state index contributed by atoms with van der Waals surface area (Å²) in [4.78, 5) is 27.5. The summed E-state index contributed by atoms with van der Waals surface area (Å²) in [6, 6.07) is 12.9. The Kier molecular flexibility index (Phi) is 10.3. The van der Waals surface area contributed by atoms with Gasteiger partial charge in [0.2, 0.25) is 0 Å². The highest BCUT2D eigenvalue weighted by Crippen LogP contribution is 2.20. The van der Waals surface area contributed by atoms with Gasteiger partial charge in [-0.1, -0.05) is 12.1 Å². The minimum absolute atomic E-state index is 0.454. The number of rotatable bonds is 15. The number of ether oxygens (including phenoxy) is 1. The number of carboxylic acid groups (broad SMARTS) is 1. The van der Waals surface area contributed by atoms with Crippen LogP contribution in [0.1, 0.15) is 42.6 Å². The molecule has 9 nitrogen and oxygen atoms in total. The fourth-order valence-electron chi connectivity index (χ4n) is 4.51. The molecule has 202 valence electrons. The van der Waals surface area contributed by atoms with Crippen molar-refractivity contribution >= 4 is 17.6 Å². The highest BCUT2D eigenvalue weighted by Gasteiger charge is 2.19. The number of aryl methyl sites for hydroxylation is 3. The van der Waals surface area contributed by atoms with E-state index >= 15 is 0 Å². The molecule has 1 aliphatic rings. The van der Waals surface area contributed by atoms with Crippen molar-refractivity contribution in [3.8, 4) is 5.75 Å². The number of hydrogen-bond acceptors (Lipinski definition) is 8. The highest BCUT2D eigenvalue weighted by molar-refractivity contribution is 5.76. The summed E-state index contributed by atoms with van der Waals surface area (Å²) < 4.78 is 5.91. The zero-order valence-corrected chi connectivity index (χ0v) is 22.1. The van der Waals surface area contributed by atoms with Crippen LogP contribution in [-0.2, 0) is 17.6 Å². The summed E-state index contributed by atoms with van der Waals surface area (Å²) >= 11 is 0. The van der Waals surface area contributed by atoms with Gasteiger partial charge in [0.05, 0.1) is 6.20 Å². The molecule has 1 atom stereocenters. The Bertz CT molecular complexity index is 1140. The summed E-state index contributed by atoms with van der Waals surface area (Å²) in [5.41, 5.74) is 3.37. The summed E-state index contributed by atoms with van der Waals surface area (Å²) in [6.45, 7) is 5.63. The van der Waals surface area contributed by atoms with Crippen molar-refractivity contribution in [3.05, 3.63) is 71.8 Å². The Morgan fingerprint density at radius 2 is 2.05 bits per heavy atom. The van der Waals surface area contributed by atoms with E-state index in [1.165, 1.54) is 5.56 Å². The zero-order valence-electron chi connectivity index (χ0n) is 22.1. The number of carboxylic acids is 1. The van der Waals surface area contributed by atoms with Crippen LogP contribution in [0.3, 0.4) is 0 Å². The third kappa shape index (κ3) is 8.69. The maximum Gasteiger partial charge on any atom is 0.326 e. The lowest BCUT2D eigenvalue weighted by Gasteiger charge is -2.24. The van der Waals surface area contributed by atoms with Crippen molar-refractivity contribution in [1.29, 1.82) is 0 Å². The second-order valence-corrected chi connectivity index (χ2v) is 9.66. The first kappa shape index (κ1) is 27.3. The molecule has 1 unspecified atom stereocenters. The first-order valence-corrected chi connectivity index (χ1v) is 13.5. The molecule has 1 aliphatic heterocycles. The van der Waals surface area contributed by atoms with Crippen LogP contribution in [-0.4, -0.2) is 69.8 Å². The van der Waals surface area contributed by atoms with Gasteiger partial charge in [-0.05, 0) is 87.9 Å². The van der Waals surface area contributed by atoms with Crippen molar-refractivity contribution in [3.63, 3.8) is 0 Å². The molecular formula is C29H38N6O3. The molecule has 3 aromatic heterocycles. The van der Waals surface area contributed by atoms with Gasteiger partial charge in [0.15, 0.2) is 0 Å².